The number of nitrogens with zero attached hydrogens (tertiary/aromatic N) is 1. The molecular weight excluding hydrogens is 240 g/mol. The van der Waals surface area contributed by atoms with Gasteiger partial charge in [-0.3, -0.25) is 4.90 Å². The highest BCUT2D eigenvalue weighted by Crippen LogP contribution is 2.32. The molecule has 1 fully saturated rings. The third kappa shape index (κ3) is 5.38. The molecule has 4 heteroatoms. The van der Waals surface area contributed by atoms with Crippen LogP contribution < -0.4 is 5.73 Å². The van der Waals surface area contributed by atoms with E-state index < -0.39 is 0 Å². The molecule has 4 nitrogen and oxygen atoms in total. The van der Waals surface area contributed by atoms with Gasteiger partial charge in [0.15, 0.2) is 0 Å². The van der Waals surface area contributed by atoms with E-state index in [0.717, 1.165) is 45.9 Å². The highest BCUT2D eigenvalue weighted by Gasteiger charge is 2.35. The molecule has 1 aliphatic rings. The molecule has 1 rings (SSSR count). The van der Waals surface area contributed by atoms with Crippen LogP contribution in [-0.4, -0.2) is 57.0 Å². The van der Waals surface area contributed by atoms with Crippen LogP contribution in [0.3, 0.4) is 0 Å². The summed E-state index contributed by atoms with van der Waals surface area (Å²) in [6.07, 6.45) is 7.49. The Bertz CT molecular complexity index is 218. The van der Waals surface area contributed by atoms with Crippen LogP contribution >= 0.6 is 0 Å². The lowest BCUT2D eigenvalue weighted by Gasteiger charge is -2.45. The van der Waals surface area contributed by atoms with Crippen molar-refractivity contribution in [3.05, 3.63) is 0 Å². The zero-order valence-corrected chi connectivity index (χ0v) is 12.8. The maximum atomic E-state index is 6.09. The lowest BCUT2D eigenvalue weighted by atomic mass is 9.80. The quantitative estimate of drug-likeness (QED) is 0.618. The predicted octanol–water partition coefficient (Wildman–Crippen LogP) is 2.02. The second kappa shape index (κ2) is 9.70. The van der Waals surface area contributed by atoms with Gasteiger partial charge in [-0.05, 0) is 25.8 Å². The van der Waals surface area contributed by atoms with Crippen LogP contribution in [0, 0.1) is 0 Å². The second-order valence-corrected chi connectivity index (χ2v) is 5.53. The summed E-state index contributed by atoms with van der Waals surface area (Å²) < 4.78 is 10.7. The monoisotopic (exact) mass is 272 g/mol. The molecular formula is C15H32N2O2. The van der Waals surface area contributed by atoms with Gasteiger partial charge < -0.3 is 15.2 Å². The average molecular weight is 272 g/mol. The van der Waals surface area contributed by atoms with Crippen LogP contribution in [0.4, 0.5) is 0 Å². The van der Waals surface area contributed by atoms with E-state index in [4.69, 9.17) is 15.2 Å². The highest BCUT2D eigenvalue weighted by molar-refractivity contribution is 4.93. The minimum atomic E-state index is 0.239. The van der Waals surface area contributed by atoms with E-state index in [1.807, 2.05) is 0 Å². The van der Waals surface area contributed by atoms with Gasteiger partial charge in [0.2, 0.25) is 0 Å². The first kappa shape index (κ1) is 16.9. The number of hydrogen-bond acceptors (Lipinski definition) is 4. The molecule has 114 valence electrons. The summed E-state index contributed by atoms with van der Waals surface area (Å²) in [6, 6.07) is 0. The molecule has 0 aromatic carbocycles. The molecule has 0 bridgehead atoms. The third-order valence-electron chi connectivity index (χ3n) is 4.36. The van der Waals surface area contributed by atoms with Crippen LogP contribution in [0.15, 0.2) is 0 Å². The van der Waals surface area contributed by atoms with Gasteiger partial charge in [0.05, 0.1) is 6.61 Å². The molecule has 19 heavy (non-hydrogen) atoms. The van der Waals surface area contributed by atoms with Gasteiger partial charge in [-0.2, -0.15) is 0 Å². The minimum absolute atomic E-state index is 0.239. The molecule has 1 saturated carbocycles. The van der Waals surface area contributed by atoms with Gasteiger partial charge in [0.1, 0.15) is 0 Å². The van der Waals surface area contributed by atoms with E-state index in [1.165, 1.54) is 32.1 Å². The number of methoxy groups -OCH3 is 1. The van der Waals surface area contributed by atoms with Gasteiger partial charge in [0.25, 0.3) is 0 Å². The Morgan fingerprint density at radius 3 is 2.42 bits per heavy atom. The molecule has 0 aromatic heterocycles. The van der Waals surface area contributed by atoms with Crippen molar-refractivity contribution in [3.63, 3.8) is 0 Å². The van der Waals surface area contributed by atoms with Gasteiger partial charge >= 0.3 is 0 Å². The fraction of sp³-hybridized carbons (Fsp3) is 1.00. The molecule has 0 heterocycles. The van der Waals surface area contributed by atoms with Gasteiger partial charge in [0, 0.05) is 39.0 Å². The smallest absolute Gasteiger partial charge is 0.0593 e. The Kier molecular flexibility index (Phi) is 8.62. The maximum Gasteiger partial charge on any atom is 0.0593 e. The van der Waals surface area contributed by atoms with Gasteiger partial charge in [-0.1, -0.05) is 26.2 Å². The second-order valence-electron chi connectivity index (χ2n) is 5.53. The Labute approximate surface area is 118 Å². The van der Waals surface area contributed by atoms with Gasteiger partial charge in [-0.15, -0.1) is 0 Å². The first-order valence-corrected chi connectivity index (χ1v) is 7.81. The Morgan fingerprint density at radius 1 is 1.11 bits per heavy atom. The Balaban J connectivity index is 2.30. The zero-order chi connectivity index (χ0) is 14.0. The summed E-state index contributed by atoms with van der Waals surface area (Å²) in [5.74, 6) is 0. The maximum absolute atomic E-state index is 6.09. The summed E-state index contributed by atoms with van der Waals surface area (Å²) in [5, 5.41) is 0. The molecule has 0 radical (unpaired) electrons. The van der Waals surface area contributed by atoms with Crippen molar-refractivity contribution in [1.82, 2.24) is 4.90 Å². The fourth-order valence-electron chi connectivity index (χ4n) is 3.17. The number of ether oxygens (including phenoxy) is 2. The largest absolute Gasteiger partial charge is 0.385 e. The minimum Gasteiger partial charge on any atom is -0.385 e. The number of nitrogens with two attached hydrogens (primary N) is 1. The molecule has 0 amide bonds. The van der Waals surface area contributed by atoms with E-state index in [1.54, 1.807) is 7.11 Å². The molecule has 0 unspecified atom stereocenters. The molecule has 2 N–H and O–H groups in total. The van der Waals surface area contributed by atoms with E-state index in [9.17, 15) is 0 Å². The SMILES string of the molecule is CCN(CCOCCCOC)C1(CN)CCCCC1. The number of hydrogen-bond donors (Lipinski definition) is 1. The van der Waals surface area contributed by atoms with Crippen molar-refractivity contribution >= 4 is 0 Å². The van der Waals surface area contributed by atoms with Crippen LogP contribution in [0.5, 0.6) is 0 Å². The lowest BCUT2D eigenvalue weighted by Crippen LogP contribution is -2.55. The molecule has 0 atom stereocenters. The summed E-state index contributed by atoms with van der Waals surface area (Å²) in [4.78, 5) is 2.54. The van der Waals surface area contributed by atoms with Crippen LogP contribution in [-0.2, 0) is 9.47 Å². The lowest BCUT2D eigenvalue weighted by molar-refractivity contribution is 0.0232. The van der Waals surface area contributed by atoms with Gasteiger partial charge in [-0.25, -0.2) is 0 Å². The first-order chi connectivity index (χ1) is 9.29. The van der Waals surface area contributed by atoms with Crippen LogP contribution in [0.2, 0.25) is 0 Å². The standard InChI is InChI=1S/C15H32N2O2/c1-3-17(10-13-19-12-7-11-18-2)15(14-16)8-5-4-6-9-15/h3-14,16H2,1-2H3. The highest BCUT2D eigenvalue weighted by atomic mass is 16.5. The fourth-order valence-corrected chi connectivity index (χ4v) is 3.17. The molecule has 0 spiro atoms. The first-order valence-electron chi connectivity index (χ1n) is 7.81. The van der Waals surface area contributed by atoms with E-state index in [-0.39, 0.29) is 5.54 Å². The summed E-state index contributed by atoms with van der Waals surface area (Å²) >= 11 is 0. The zero-order valence-electron chi connectivity index (χ0n) is 12.8. The molecule has 0 aliphatic heterocycles. The van der Waals surface area contributed by atoms with Crippen LogP contribution in [0.1, 0.15) is 45.4 Å². The summed E-state index contributed by atoms with van der Waals surface area (Å²) in [7, 11) is 1.73. The van der Waals surface area contributed by atoms with Crippen molar-refractivity contribution in [1.29, 1.82) is 0 Å². The van der Waals surface area contributed by atoms with E-state index >= 15 is 0 Å². The normalized spacial score (nSPS) is 18.9. The van der Waals surface area contributed by atoms with E-state index in [2.05, 4.69) is 11.8 Å². The molecule has 1 aliphatic carbocycles. The van der Waals surface area contributed by atoms with Crippen molar-refractivity contribution in [2.45, 2.75) is 51.0 Å². The Hall–Kier alpha value is -0.160. The Morgan fingerprint density at radius 2 is 1.84 bits per heavy atom. The number of rotatable bonds is 10. The summed E-state index contributed by atoms with van der Waals surface area (Å²) in [5.41, 5.74) is 6.32. The van der Waals surface area contributed by atoms with Crippen molar-refractivity contribution in [2.75, 3.05) is 46.6 Å². The summed E-state index contributed by atoms with van der Waals surface area (Å²) in [6.45, 7) is 7.46. The predicted molar refractivity (Wildman–Crippen MR) is 79.4 cm³/mol. The third-order valence-corrected chi connectivity index (χ3v) is 4.36. The van der Waals surface area contributed by atoms with Crippen molar-refractivity contribution < 1.29 is 9.47 Å². The van der Waals surface area contributed by atoms with Crippen LogP contribution in [0.25, 0.3) is 0 Å². The van der Waals surface area contributed by atoms with E-state index in [0.29, 0.717) is 0 Å². The average Bonchev–Trinajstić information content (AvgIpc) is 2.47. The molecule has 0 aromatic rings. The topological polar surface area (TPSA) is 47.7 Å². The molecule has 0 saturated heterocycles. The van der Waals surface area contributed by atoms with Crippen molar-refractivity contribution in [2.24, 2.45) is 5.73 Å². The number of likely N-dealkylation sites (N-methyl/N-ethyl adjacent to an activating group) is 1. The van der Waals surface area contributed by atoms with Crippen molar-refractivity contribution in [3.8, 4) is 0 Å².